The van der Waals surface area contributed by atoms with Crippen LogP contribution in [-0.4, -0.2) is 41.3 Å². The van der Waals surface area contributed by atoms with E-state index in [1.54, 1.807) is 42.5 Å². The maximum absolute atomic E-state index is 13.2. The smallest absolute Gasteiger partial charge is 0.280 e. The molecule has 9 nitrogen and oxygen atoms in total. The van der Waals surface area contributed by atoms with Crippen molar-refractivity contribution in [2.24, 2.45) is 0 Å². The van der Waals surface area contributed by atoms with E-state index < -0.39 is 0 Å². The molecule has 0 saturated carbocycles. The number of ether oxygens (including phenoxy) is 1. The molecule has 1 aromatic carbocycles. The highest BCUT2D eigenvalue weighted by Crippen LogP contribution is 2.29. The molecule has 0 bridgehead atoms. The summed E-state index contributed by atoms with van der Waals surface area (Å²) in [6.07, 6.45) is 3.30. The van der Waals surface area contributed by atoms with Crippen LogP contribution in [-0.2, 0) is 11.3 Å². The topological polar surface area (TPSA) is 92.1 Å². The Morgan fingerprint density at radius 2 is 1.77 bits per heavy atom. The van der Waals surface area contributed by atoms with Gasteiger partial charge in [0.2, 0.25) is 0 Å². The fourth-order valence-electron chi connectivity index (χ4n) is 3.77. The van der Waals surface area contributed by atoms with Crippen LogP contribution in [0.4, 0.5) is 0 Å². The Hall–Kier alpha value is -3.85. The molecule has 0 N–H and O–H groups in total. The van der Waals surface area contributed by atoms with E-state index in [0.29, 0.717) is 34.8 Å². The van der Waals surface area contributed by atoms with Gasteiger partial charge in [0.25, 0.3) is 5.56 Å². The third-order valence-corrected chi connectivity index (χ3v) is 5.08. The van der Waals surface area contributed by atoms with Crippen molar-refractivity contribution in [1.82, 2.24) is 34.1 Å². The number of nitrogens with zero attached hydrogens (tertiary/aromatic N) is 7. The zero-order chi connectivity index (χ0) is 20.8. The summed E-state index contributed by atoms with van der Waals surface area (Å²) >= 11 is 0. The molecule has 0 unspecified atom stereocenters. The summed E-state index contributed by atoms with van der Waals surface area (Å²) < 4.78 is 10.2. The van der Waals surface area contributed by atoms with Crippen LogP contribution in [0.2, 0.25) is 0 Å². The predicted octanol–water partition coefficient (Wildman–Crippen LogP) is 2.38. The SMILES string of the molecule is COCc1nn2c(ncc3c(=O)n(-n4c(C)nnc4C)ccc32)c1-c1ccccc1. The van der Waals surface area contributed by atoms with Gasteiger partial charge < -0.3 is 4.74 Å². The van der Waals surface area contributed by atoms with Crippen LogP contribution < -0.4 is 5.56 Å². The van der Waals surface area contributed by atoms with Crippen LogP contribution in [0.5, 0.6) is 0 Å². The quantitative estimate of drug-likeness (QED) is 0.459. The van der Waals surface area contributed by atoms with Crippen molar-refractivity contribution in [3.8, 4) is 11.1 Å². The zero-order valence-electron chi connectivity index (χ0n) is 16.8. The van der Waals surface area contributed by atoms with Crippen molar-refractivity contribution in [2.45, 2.75) is 20.5 Å². The number of aryl methyl sites for hydroxylation is 2. The Bertz CT molecular complexity index is 1430. The first kappa shape index (κ1) is 18.2. The number of hydrogen-bond acceptors (Lipinski definition) is 6. The molecule has 0 spiro atoms. The van der Waals surface area contributed by atoms with Gasteiger partial charge in [0, 0.05) is 19.5 Å². The van der Waals surface area contributed by atoms with Gasteiger partial charge in [0.15, 0.2) is 5.65 Å². The molecule has 9 heteroatoms. The van der Waals surface area contributed by atoms with Crippen LogP contribution in [0.25, 0.3) is 27.7 Å². The molecule has 0 amide bonds. The normalized spacial score (nSPS) is 11.6. The lowest BCUT2D eigenvalue weighted by Crippen LogP contribution is -2.27. The van der Waals surface area contributed by atoms with Gasteiger partial charge in [-0.3, -0.25) is 4.79 Å². The lowest BCUT2D eigenvalue weighted by atomic mass is 10.1. The molecule has 0 fully saturated rings. The van der Waals surface area contributed by atoms with Crippen molar-refractivity contribution in [2.75, 3.05) is 7.11 Å². The van der Waals surface area contributed by atoms with Gasteiger partial charge in [-0.25, -0.2) is 18.9 Å². The molecule has 4 aromatic heterocycles. The van der Waals surface area contributed by atoms with Gasteiger partial charge in [-0.1, -0.05) is 30.3 Å². The third-order valence-electron chi connectivity index (χ3n) is 5.08. The number of benzene rings is 1. The van der Waals surface area contributed by atoms with E-state index in [9.17, 15) is 4.79 Å². The summed E-state index contributed by atoms with van der Waals surface area (Å²) in [5, 5.41) is 13.3. The summed E-state index contributed by atoms with van der Waals surface area (Å²) in [4.78, 5) is 17.9. The minimum Gasteiger partial charge on any atom is -0.378 e. The highest BCUT2D eigenvalue weighted by molar-refractivity contribution is 5.86. The number of aromatic nitrogens is 7. The highest BCUT2D eigenvalue weighted by Gasteiger charge is 2.19. The second kappa shape index (κ2) is 6.89. The number of fused-ring (bicyclic) bond motifs is 3. The molecule has 0 aliphatic heterocycles. The molecule has 150 valence electrons. The summed E-state index contributed by atoms with van der Waals surface area (Å²) in [5.74, 6) is 1.24. The van der Waals surface area contributed by atoms with Crippen LogP contribution in [0, 0.1) is 13.8 Å². The van der Waals surface area contributed by atoms with E-state index in [4.69, 9.17) is 9.84 Å². The average molecular weight is 401 g/mol. The van der Waals surface area contributed by atoms with Crippen LogP contribution in [0.1, 0.15) is 17.3 Å². The summed E-state index contributed by atoms with van der Waals surface area (Å²) in [7, 11) is 1.63. The molecule has 0 aliphatic rings. The lowest BCUT2D eigenvalue weighted by molar-refractivity contribution is 0.181. The maximum Gasteiger partial charge on any atom is 0.280 e. The Morgan fingerprint density at radius 3 is 2.47 bits per heavy atom. The Balaban J connectivity index is 1.81. The van der Waals surface area contributed by atoms with E-state index in [-0.39, 0.29) is 5.56 Å². The Labute approximate surface area is 171 Å². The molecule has 4 heterocycles. The third kappa shape index (κ3) is 2.63. The monoisotopic (exact) mass is 401 g/mol. The van der Waals surface area contributed by atoms with Crippen molar-refractivity contribution in [1.29, 1.82) is 0 Å². The van der Waals surface area contributed by atoms with Gasteiger partial charge >= 0.3 is 0 Å². The molecular weight excluding hydrogens is 382 g/mol. The van der Waals surface area contributed by atoms with Crippen molar-refractivity contribution in [3.05, 3.63) is 76.5 Å². The summed E-state index contributed by atoms with van der Waals surface area (Å²) in [6.45, 7) is 3.94. The molecule has 0 radical (unpaired) electrons. The zero-order valence-corrected chi connectivity index (χ0v) is 16.8. The lowest BCUT2D eigenvalue weighted by Gasteiger charge is -2.11. The summed E-state index contributed by atoms with van der Waals surface area (Å²) in [6, 6.07) is 11.8. The fourth-order valence-corrected chi connectivity index (χ4v) is 3.77. The molecule has 5 aromatic rings. The van der Waals surface area contributed by atoms with Gasteiger partial charge in [0.05, 0.1) is 28.8 Å². The van der Waals surface area contributed by atoms with Crippen molar-refractivity contribution < 1.29 is 4.74 Å². The van der Waals surface area contributed by atoms with Gasteiger partial charge in [0.1, 0.15) is 11.6 Å². The summed E-state index contributed by atoms with van der Waals surface area (Å²) in [5.41, 5.74) is 3.78. The molecule has 0 atom stereocenters. The first-order valence-corrected chi connectivity index (χ1v) is 9.45. The minimum absolute atomic E-state index is 0.224. The van der Waals surface area contributed by atoms with Gasteiger partial charge in [-0.2, -0.15) is 5.10 Å². The van der Waals surface area contributed by atoms with Gasteiger partial charge in [-0.15, -0.1) is 10.2 Å². The van der Waals surface area contributed by atoms with Crippen LogP contribution in [0.15, 0.2) is 53.6 Å². The van der Waals surface area contributed by atoms with E-state index in [0.717, 1.165) is 16.8 Å². The number of methoxy groups -OCH3 is 1. The van der Waals surface area contributed by atoms with Crippen molar-refractivity contribution >= 4 is 16.6 Å². The Kier molecular flexibility index (Phi) is 4.18. The number of rotatable bonds is 4. The number of pyridine rings is 1. The maximum atomic E-state index is 13.2. The molecule has 0 aliphatic carbocycles. The Morgan fingerprint density at radius 1 is 1.03 bits per heavy atom. The largest absolute Gasteiger partial charge is 0.378 e. The second-order valence-electron chi connectivity index (χ2n) is 6.98. The molecule has 5 rings (SSSR count). The predicted molar refractivity (Wildman–Crippen MR) is 111 cm³/mol. The molecule has 30 heavy (non-hydrogen) atoms. The first-order chi connectivity index (χ1) is 14.6. The number of hydrogen-bond donors (Lipinski definition) is 0. The minimum atomic E-state index is -0.224. The standard InChI is InChI=1S/C21H19N7O2/c1-13-23-24-14(2)28(13)26-10-9-18-16(21(26)29)11-22-20-19(15-7-5-4-6-8-15)17(12-30-3)25-27(18)20/h4-11H,12H2,1-3H3. The van der Waals surface area contributed by atoms with E-state index in [2.05, 4.69) is 15.2 Å². The van der Waals surface area contributed by atoms with Crippen molar-refractivity contribution in [3.63, 3.8) is 0 Å². The molecule has 0 saturated heterocycles. The van der Waals surface area contributed by atoms with E-state index in [1.165, 1.54) is 4.68 Å². The van der Waals surface area contributed by atoms with E-state index >= 15 is 0 Å². The second-order valence-corrected chi connectivity index (χ2v) is 6.98. The first-order valence-electron chi connectivity index (χ1n) is 9.45. The van der Waals surface area contributed by atoms with Crippen LogP contribution in [0.3, 0.4) is 0 Å². The van der Waals surface area contributed by atoms with Crippen LogP contribution >= 0.6 is 0 Å². The molecular formula is C21H19N7O2. The average Bonchev–Trinajstić information content (AvgIpc) is 3.29. The van der Waals surface area contributed by atoms with E-state index in [1.807, 2.05) is 36.4 Å². The van der Waals surface area contributed by atoms with Gasteiger partial charge in [-0.05, 0) is 25.5 Å². The fraction of sp³-hybridized carbons (Fsp3) is 0.190. The highest BCUT2D eigenvalue weighted by atomic mass is 16.5.